The highest BCUT2D eigenvalue weighted by molar-refractivity contribution is 7.98. The summed E-state index contributed by atoms with van der Waals surface area (Å²) in [4.78, 5) is 37.3. The fourth-order valence-corrected chi connectivity index (χ4v) is 4.30. The number of thioether (sulfide) groups is 1. The Hall–Kier alpha value is -3.39. The first-order valence-electron chi connectivity index (χ1n) is 9.35. The summed E-state index contributed by atoms with van der Waals surface area (Å²) in [6, 6.07) is 13.6. The lowest BCUT2D eigenvalue weighted by Crippen LogP contribution is -2.31. The minimum atomic E-state index is -0.619. The maximum absolute atomic E-state index is 13.1. The summed E-state index contributed by atoms with van der Waals surface area (Å²) in [5, 5.41) is 3.63. The fourth-order valence-electron chi connectivity index (χ4n) is 3.49. The van der Waals surface area contributed by atoms with Crippen molar-refractivity contribution in [2.24, 2.45) is 0 Å². The van der Waals surface area contributed by atoms with Crippen LogP contribution in [0.15, 0.2) is 76.1 Å². The Labute approximate surface area is 177 Å². The first kappa shape index (κ1) is 19.9. The summed E-state index contributed by atoms with van der Waals surface area (Å²) in [6.07, 6.45) is 3.29. The van der Waals surface area contributed by atoms with E-state index in [1.165, 1.54) is 18.9 Å². The highest BCUT2D eigenvalue weighted by atomic mass is 32.2. The number of pyridine rings is 1. The summed E-state index contributed by atoms with van der Waals surface area (Å²) in [5.74, 6) is -0.00169. The highest BCUT2D eigenvalue weighted by Crippen LogP contribution is 2.39. The molecule has 0 saturated carbocycles. The average Bonchev–Trinajstić information content (AvgIpc) is 2.77. The zero-order valence-corrected chi connectivity index (χ0v) is 17.3. The van der Waals surface area contributed by atoms with Gasteiger partial charge in [0.2, 0.25) is 0 Å². The maximum atomic E-state index is 13.1. The number of aromatic amines is 1. The van der Waals surface area contributed by atoms with E-state index in [4.69, 9.17) is 4.74 Å². The summed E-state index contributed by atoms with van der Waals surface area (Å²) >= 11 is 1.44. The van der Waals surface area contributed by atoms with Gasteiger partial charge in [-0.25, -0.2) is 9.78 Å². The lowest BCUT2D eigenvalue weighted by molar-refractivity contribution is -0.136. The van der Waals surface area contributed by atoms with Crippen molar-refractivity contribution in [1.29, 1.82) is 0 Å². The average molecular weight is 420 g/mol. The molecule has 0 saturated heterocycles. The molecule has 2 N–H and O–H groups in total. The van der Waals surface area contributed by atoms with E-state index in [9.17, 15) is 9.59 Å². The van der Waals surface area contributed by atoms with Crippen LogP contribution in [0.5, 0.6) is 0 Å². The fraction of sp³-hybridized carbons (Fsp3) is 0.182. The first-order valence-corrected chi connectivity index (χ1v) is 10.3. The number of rotatable bonds is 5. The number of carbonyl (C=O) groups excluding carboxylic acids is 1. The monoisotopic (exact) mass is 420 g/mol. The summed E-state index contributed by atoms with van der Waals surface area (Å²) < 4.78 is 4.98. The Balaban J connectivity index is 1.76. The second-order valence-electron chi connectivity index (χ2n) is 6.78. The predicted octanol–water partition coefficient (Wildman–Crippen LogP) is 3.46. The molecule has 3 aromatic rings. The van der Waals surface area contributed by atoms with Crippen molar-refractivity contribution in [3.8, 4) is 0 Å². The summed E-state index contributed by atoms with van der Waals surface area (Å²) in [6.45, 7) is 1.78. The van der Waals surface area contributed by atoms with Crippen LogP contribution in [0, 0.1) is 0 Å². The van der Waals surface area contributed by atoms with Gasteiger partial charge in [0.1, 0.15) is 5.82 Å². The van der Waals surface area contributed by atoms with E-state index in [1.54, 1.807) is 25.4 Å². The van der Waals surface area contributed by atoms with Crippen molar-refractivity contribution in [2.45, 2.75) is 23.8 Å². The zero-order valence-electron chi connectivity index (χ0n) is 16.5. The number of methoxy groups -OCH3 is 1. The molecule has 1 atom stereocenters. The van der Waals surface area contributed by atoms with Crippen LogP contribution in [0.3, 0.4) is 0 Å². The molecule has 1 aliphatic rings. The number of aromatic nitrogens is 3. The Morgan fingerprint density at radius 3 is 2.70 bits per heavy atom. The van der Waals surface area contributed by atoms with Crippen LogP contribution in [0.25, 0.3) is 0 Å². The Morgan fingerprint density at radius 1 is 1.20 bits per heavy atom. The van der Waals surface area contributed by atoms with Crippen molar-refractivity contribution < 1.29 is 9.53 Å². The van der Waals surface area contributed by atoms with Crippen LogP contribution in [0.1, 0.15) is 29.5 Å². The number of ether oxygens (including phenoxy) is 1. The molecule has 152 valence electrons. The molecule has 0 amide bonds. The highest BCUT2D eigenvalue weighted by Gasteiger charge is 2.36. The molecule has 0 spiro atoms. The van der Waals surface area contributed by atoms with Crippen LogP contribution in [0.4, 0.5) is 5.82 Å². The van der Waals surface area contributed by atoms with Gasteiger partial charge in [0.05, 0.1) is 24.2 Å². The molecule has 0 radical (unpaired) electrons. The van der Waals surface area contributed by atoms with Gasteiger partial charge in [0.15, 0.2) is 5.16 Å². The standard InChI is InChI=1S/C22H20N4O3S/c1-13-16(21(28)29-2)17(15-9-6-10-23-11-15)18-19(24-13)25-22(26-20(18)27)30-12-14-7-4-3-5-8-14/h3-11,17H,12H2,1-2H3,(H2,24,25,26,27). The van der Waals surface area contributed by atoms with Crippen LogP contribution in [0.2, 0.25) is 0 Å². The molecule has 1 aliphatic heterocycles. The molecule has 3 heterocycles. The van der Waals surface area contributed by atoms with Crippen molar-refractivity contribution in [2.75, 3.05) is 12.4 Å². The van der Waals surface area contributed by atoms with Crippen LogP contribution >= 0.6 is 11.8 Å². The molecule has 1 unspecified atom stereocenters. The van der Waals surface area contributed by atoms with E-state index in [0.29, 0.717) is 33.6 Å². The number of esters is 1. The van der Waals surface area contributed by atoms with E-state index in [2.05, 4.69) is 20.3 Å². The number of benzene rings is 1. The van der Waals surface area contributed by atoms with E-state index in [-0.39, 0.29) is 5.56 Å². The number of carbonyl (C=O) groups is 1. The van der Waals surface area contributed by atoms with Gasteiger partial charge in [-0.2, -0.15) is 0 Å². The molecule has 8 heteroatoms. The third-order valence-corrected chi connectivity index (χ3v) is 5.81. The van der Waals surface area contributed by atoms with Gasteiger partial charge < -0.3 is 15.0 Å². The second-order valence-corrected chi connectivity index (χ2v) is 7.75. The molecule has 0 aliphatic carbocycles. The number of hydrogen-bond donors (Lipinski definition) is 2. The lowest BCUT2D eigenvalue weighted by atomic mass is 9.83. The van der Waals surface area contributed by atoms with E-state index in [0.717, 1.165) is 11.1 Å². The first-order chi connectivity index (χ1) is 14.6. The van der Waals surface area contributed by atoms with Crippen LogP contribution in [-0.4, -0.2) is 28.0 Å². The number of H-pyrrole nitrogens is 1. The minimum Gasteiger partial charge on any atom is -0.466 e. The molecule has 0 fully saturated rings. The Bertz CT molecular complexity index is 1160. The van der Waals surface area contributed by atoms with Gasteiger partial charge in [-0.05, 0) is 24.1 Å². The number of nitrogens with zero attached hydrogens (tertiary/aromatic N) is 2. The van der Waals surface area contributed by atoms with E-state index in [1.807, 2.05) is 36.4 Å². The SMILES string of the molecule is COC(=O)C1=C(C)Nc2nc(SCc3ccccc3)[nH]c(=O)c2C1c1cccnc1. The van der Waals surface area contributed by atoms with Crippen LogP contribution in [-0.2, 0) is 15.3 Å². The van der Waals surface area contributed by atoms with Crippen molar-refractivity contribution in [3.63, 3.8) is 0 Å². The molecular weight excluding hydrogens is 400 g/mol. The Kier molecular flexibility index (Phi) is 5.67. The minimum absolute atomic E-state index is 0.300. The molecule has 0 bridgehead atoms. The van der Waals surface area contributed by atoms with Crippen molar-refractivity contribution in [1.82, 2.24) is 15.0 Å². The van der Waals surface area contributed by atoms with Gasteiger partial charge in [-0.3, -0.25) is 9.78 Å². The second kappa shape index (κ2) is 8.54. The maximum Gasteiger partial charge on any atom is 0.336 e. The lowest BCUT2D eigenvalue weighted by Gasteiger charge is -2.28. The smallest absolute Gasteiger partial charge is 0.336 e. The molecule has 7 nitrogen and oxygen atoms in total. The summed E-state index contributed by atoms with van der Waals surface area (Å²) in [5.41, 5.74) is 2.89. The van der Waals surface area contributed by atoms with Crippen LogP contribution < -0.4 is 10.9 Å². The normalized spacial score (nSPS) is 15.3. The number of hydrogen-bond acceptors (Lipinski definition) is 7. The molecule has 30 heavy (non-hydrogen) atoms. The molecule has 1 aromatic carbocycles. The molecule has 4 rings (SSSR count). The van der Waals surface area contributed by atoms with Crippen molar-refractivity contribution >= 4 is 23.5 Å². The van der Waals surface area contributed by atoms with Gasteiger partial charge in [-0.15, -0.1) is 0 Å². The third-order valence-electron chi connectivity index (χ3n) is 4.86. The number of allylic oxidation sites excluding steroid dienone is 1. The van der Waals surface area contributed by atoms with Gasteiger partial charge in [0.25, 0.3) is 5.56 Å². The largest absolute Gasteiger partial charge is 0.466 e. The number of nitrogens with one attached hydrogen (secondary N) is 2. The molecule has 2 aromatic heterocycles. The van der Waals surface area contributed by atoms with Crippen molar-refractivity contribution in [3.05, 3.63) is 93.2 Å². The predicted molar refractivity (Wildman–Crippen MR) is 115 cm³/mol. The third kappa shape index (κ3) is 3.86. The summed E-state index contributed by atoms with van der Waals surface area (Å²) in [7, 11) is 1.32. The molecular formula is C22H20N4O3S. The van der Waals surface area contributed by atoms with Gasteiger partial charge in [-0.1, -0.05) is 48.2 Å². The van der Waals surface area contributed by atoms with E-state index < -0.39 is 11.9 Å². The van der Waals surface area contributed by atoms with Gasteiger partial charge >= 0.3 is 5.97 Å². The number of fused-ring (bicyclic) bond motifs is 1. The zero-order chi connectivity index (χ0) is 21.1. The number of anilines is 1. The topological polar surface area (TPSA) is 97.0 Å². The Morgan fingerprint density at radius 2 is 2.00 bits per heavy atom. The quantitative estimate of drug-likeness (QED) is 0.371. The van der Waals surface area contributed by atoms with E-state index >= 15 is 0 Å². The van der Waals surface area contributed by atoms with Gasteiger partial charge in [0, 0.05) is 23.8 Å².